The molecular formula is C14H15F5O. The number of aliphatic hydroxyl groups excluding tert-OH is 1. The molecule has 1 aromatic carbocycles. The second-order valence-electron chi connectivity index (χ2n) is 5.28. The van der Waals surface area contributed by atoms with Gasteiger partial charge in [-0.15, -0.1) is 0 Å². The molecule has 0 spiro atoms. The van der Waals surface area contributed by atoms with Gasteiger partial charge in [0.2, 0.25) is 0 Å². The minimum Gasteiger partial charge on any atom is -0.388 e. The summed E-state index contributed by atoms with van der Waals surface area (Å²) in [7, 11) is 0. The lowest BCUT2D eigenvalue weighted by Crippen LogP contribution is -2.31. The van der Waals surface area contributed by atoms with E-state index in [1.54, 1.807) is 0 Å². The van der Waals surface area contributed by atoms with E-state index in [-0.39, 0.29) is 18.4 Å². The molecule has 6 heteroatoms. The number of hydrogen-bond donors (Lipinski definition) is 1. The monoisotopic (exact) mass is 294 g/mol. The van der Waals surface area contributed by atoms with Crippen molar-refractivity contribution in [3.05, 3.63) is 35.4 Å². The van der Waals surface area contributed by atoms with Gasteiger partial charge in [0, 0.05) is 0 Å². The van der Waals surface area contributed by atoms with Crippen molar-refractivity contribution >= 4 is 0 Å². The zero-order valence-corrected chi connectivity index (χ0v) is 10.6. The van der Waals surface area contributed by atoms with Crippen molar-refractivity contribution in [2.24, 2.45) is 11.8 Å². The molecule has 1 aliphatic carbocycles. The van der Waals surface area contributed by atoms with Crippen LogP contribution in [0.15, 0.2) is 18.2 Å². The molecule has 0 amide bonds. The average molecular weight is 294 g/mol. The summed E-state index contributed by atoms with van der Waals surface area (Å²) >= 11 is 0. The first-order chi connectivity index (χ1) is 9.29. The number of alkyl halides is 3. The van der Waals surface area contributed by atoms with E-state index >= 15 is 0 Å². The van der Waals surface area contributed by atoms with E-state index < -0.39 is 35.8 Å². The summed E-state index contributed by atoms with van der Waals surface area (Å²) in [6.07, 6.45) is -4.77. The van der Waals surface area contributed by atoms with Crippen molar-refractivity contribution in [2.45, 2.75) is 38.0 Å². The predicted molar refractivity (Wildman–Crippen MR) is 62.8 cm³/mol. The zero-order valence-electron chi connectivity index (χ0n) is 10.6. The highest BCUT2D eigenvalue weighted by atomic mass is 19.4. The molecule has 0 saturated heterocycles. The number of hydrogen-bond acceptors (Lipinski definition) is 1. The Morgan fingerprint density at radius 2 is 1.80 bits per heavy atom. The van der Waals surface area contributed by atoms with E-state index in [2.05, 4.69) is 0 Å². The Bertz CT molecular complexity index is 471. The Balaban J connectivity index is 2.12. The average Bonchev–Trinajstić information content (AvgIpc) is 2.40. The summed E-state index contributed by atoms with van der Waals surface area (Å²) in [5.74, 6) is -4.16. The van der Waals surface area contributed by atoms with Gasteiger partial charge in [-0.1, -0.05) is 12.5 Å². The van der Waals surface area contributed by atoms with Crippen molar-refractivity contribution in [3.8, 4) is 0 Å². The maximum atomic E-state index is 13.1. The Hall–Kier alpha value is -1.17. The fraction of sp³-hybridized carbons (Fsp3) is 0.571. The molecule has 1 aromatic rings. The summed E-state index contributed by atoms with van der Waals surface area (Å²) in [6, 6.07) is 2.93. The molecule has 1 saturated carbocycles. The second-order valence-corrected chi connectivity index (χ2v) is 5.28. The lowest BCUT2D eigenvalue weighted by Gasteiger charge is -2.33. The van der Waals surface area contributed by atoms with Crippen molar-refractivity contribution in [3.63, 3.8) is 0 Å². The molecule has 0 aliphatic heterocycles. The standard InChI is InChI=1S/C14H15F5O/c15-11-5-4-9(7-12(11)16)13(20)8-2-1-3-10(6-8)14(17,18)19/h4-5,7-8,10,13,20H,1-3,6H2. The SMILES string of the molecule is OC(c1ccc(F)c(F)c1)C1CCCC(C(F)(F)F)C1. The highest BCUT2D eigenvalue weighted by Crippen LogP contribution is 2.43. The van der Waals surface area contributed by atoms with Crippen molar-refractivity contribution < 1.29 is 27.1 Å². The van der Waals surface area contributed by atoms with Crippen LogP contribution in [0.2, 0.25) is 0 Å². The van der Waals surface area contributed by atoms with Crippen LogP contribution < -0.4 is 0 Å². The molecule has 20 heavy (non-hydrogen) atoms. The molecule has 1 fully saturated rings. The van der Waals surface area contributed by atoms with Gasteiger partial charge in [0.25, 0.3) is 0 Å². The largest absolute Gasteiger partial charge is 0.391 e. The van der Waals surface area contributed by atoms with Crippen LogP contribution in [0.5, 0.6) is 0 Å². The van der Waals surface area contributed by atoms with Crippen LogP contribution in [0, 0.1) is 23.5 Å². The van der Waals surface area contributed by atoms with Gasteiger partial charge in [-0.2, -0.15) is 13.2 Å². The fourth-order valence-corrected chi connectivity index (χ4v) is 2.78. The quantitative estimate of drug-likeness (QED) is 0.803. The molecule has 3 unspecified atom stereocenters. The minimum atomic E-state index is -4.27. The molecule has 0 heterocycles. The molecule has 0 bridgehead atoms. The van der Waals surface area contributed by atoms with E-state index in [1.165, 1.54) is 6.07 Å². The van der Waals surface area contributed by atoms with Gasteiger partial charge in [-0.25, -0.2) is 8.78 Å². The number of aliphatic hydroxyl groups is 1. The summed E-state index contributed by atoms with van der Waals surface area (Å²) in [5, 5.41) is 10.1. The maximum Gasteiger partial charge on any atom is 0.391 e. The van der Waals surface area contributed by atoms with Gasteiger partial charge in [0.05, 0.1) is 12.0 Å². The third-order valence-corrected chi connectivity index (χ3v) is 3.91. The third kappa shape index (κ3) is 3.29. The molecule has 1 N–H and O–H groups in total. The van der Waals surface area contributed by atoms with Gasteiger partial charge < -0.3 is 5.11 Å². The lowest BCUT2D eigenvalue weighted by molar-refractivity contribution is -0.189. The number of rotatable bonds is 2. The summed E-state index contributed by atoms with van der Waals surface area (Å²) in [6.45, 7) is 0. The van der Waals surface area contributed by atoms with Crippen LogP contribution in [0.25, 0.3) is 0 Å². The van der Waals surface area contributed by atoms with Crippen molar-refractivity contribution in [2.75, 3.05) is 0 Å². The first-order valence-electron chi connectivity index (χ1n) is 6.48. The van der Waals surface area contributed by atoms with Crippen LogP contribution in [-0.2, 0) is 0 Å². The van der Waals surface area contributed by atoms with E-state index in [0.29, 0.717) is 12.8 Å². The van der Waals surface area contributed by atoms with Crippen molar-refractivity contribution in [1.29, 1.82) is 0 Å². The van der Waals surface area contributed by atoms with Crippen LogP contribution in [0.1, 0.15) is 37.4 Å². The van der Waals surface area contributed by atoms with Crippen LogP contribution in [-0.4, -0.2) is 11.3 Å². The normalized spacial score (nSPS) is 25.5. The van der Waals surface area contributed by atoms with Gasteiger partial charge in [-0.05, 0) is 42.9 Å². The minimum absolute atomic E-state index is 0.0600. The van der Waals surface area contributed by atoms with E-state index in [1.807, 2.05) is 0 Å². The molecule has 0 radical (unpaired) electrons. The van der Waals surface area contributed by atoms with Gasteiger partial charge in [0.15, 0.2) is 11.6 Å². The second kappa shape index (κ2) is 5.68. The Morgan fingerprint density at radius 3 is 2.40 bits per heavy atom. The molecule has 3 atom stereocenters. The maximum absolute atomic E-state index is 13.1. The van der Waals surface area contributed by atoms with Crippen LogP contribution >= 0.6 is 0 Å². The smallest absolute Gasteiger partial charge is 0.388 e. The number of benzene rings is 1. The summed E-state index contributed by atoms with van der Waals surface area (Å²) in [4.78, 5) is 0. The topological polar surface area (TPSA) is 20.2 Å². The van der Waals surface area contributed by atoms with Gasteiger partial charge in [-0.3, -0.25) is 0 Å². The Morgan fingerprint density at radius 1 is 1.10 bits per heavy atom. The van der Waals surface area contributed by atoms with E-state index in [9.17, 15) is 27.1 Å². The van der Waals surface area contributed by atoms with Gasteiger partial charge >= 0.3 is 6.18 Å². The van der Waals surface area contributed by atoms with Crippen molar-refractivity contribution in [1.82, 2.24) is 0 Å². The molecule has 1 nitrogen and oxygen atoms in total. The highest BCUT2D eigenvalue weighted by Gasteiger charge is 2.43. The van der Waals surface area contributed by atoms with Gasteiger partial charge in [0.1, 0.15) is 0 Å². The molecule has 0 aromatic heterocycles. The first-order valence-corrected chi connectivity index (χ1v) is 6.48. The predicted octanol–water partition coefficient (Wildman–Crippen LogP) is 4.37. The molecule has 112 valence electrons. The Kier molecular flexibility index (Phi) is 4.32. The van der Waals surface area contributed by atoms with Crippen LogP contribution in [0.4, 0.5) is 22.0 Å². The van der Waals surface area contributed by atoms with E-state index in [4.69, 9.17) is 0 Å². The van der Waals surface area contributed by atoms with Crippen LogP contribution in [0.3, 0.4) is 0 Å². The molecular weight excluding hydrogens is 279 g/mol. The third-order valence-electron chi connectivity index (χ3n) is 3.91. The molecule has 2 rings (SSSR count). The lowest BCUT2D eigenvalue weighted by atomic mass is 9.77. The molecule has 1 aliphatic rings. The first kappa shape index (κ1) is 15.2. The number of halogens is 5. The fourth-order valence-electron chi connectivity index (χ4n) is 2.78. The zero-order chi connectivity index (χ0) is 14.9. The highest BCUT2D eigenvalue weighted by molar-refractivity contribution is 5.20. The summed E-state index contributed by atoms with van der Waals surface area (Å²) in [5.41, 5.74) is 0.122. The van der Waals surface area contributed by atoms with E-state index in [0.717, 1.165) is 12.1 Å². The summed E-state index contributed by atoms with van der Waals surface area (Å²) < 4.78 is 64.0. The Labute approximate surface area is 113 Å².